The summed E-state index contributed by atoms with van der Waals surface area (Å²) in [5.74, 6) is -3.02. The monoisotopic (exact) mass is 421 g/mol. The molecule has 2 amide bonds. The van der Waals surface area contributed by atoms with Crippen molar-refractivity contribution in [3.05, 3.63) is 35.9 Å². The number of alkyl carbamates (subject to hydrolysis) is 1. The first-order chi connectivity index (χ1) is 14.0. The zero-order valence-electron chi connectivity index (χ0n) is 17.6. The van der Waals surface area contributed by atoms with Crippen LogP contribution in [0.4, 0.5) is 4.79 Å². The molecule has 5 N–H and O–H groups in total. The molecule has 0 aliphatic heterocycles. The number of ketones is 1. The Kier molecular flexibility index (Phi) is 9.97. The Bertz CT molecular complexity index is 730. The average molecular weight is 421 g/mol. The number of nitrogens with two attached hydrogens (primary N) is 1. The smallest absolute Gasteiger partial charge is 0.408 e. The normalized spacial score (nSPS) is 13.1. The van der Waals surface area contributed by atoms with Crippen LogP contribution in [0.1, 0.15) is 39.2 Å². The van der Waals surface area contributed by atoms with Crippen LogP contribution < -0.4 is 16.4 Å². The van der Waals surface area contributed by atoms with E-state index in [0.717, 1.165) is 5.56 Å². The van der Waals surface area contributed by atoms with Crippen molar-refractivity contribution in [2.45, 2.75) is 51.7 Å². The molecule has 0 aliphatic rings. The van der Waals surface area contributed by atoms with Crippen molar-refractivity contribution < 1.29 is 29.0 Å². The van der Waals surface area contributed by atoms with Gasteiger partial charge < -0.3 is 26.2 Å². The number of amides is 2. The molecule has 0 bridgehead atoms. The van der Waals surface area contributed by atoms with Crippen LogP contribution in [0.25, 0.3) is 0 Å². The van der Waals surface area contributed by atoms with E-state index in [2.05, 4.69) is 10.6 Å². The third kappa shape index (κ3) is 10.0. The van der Waals surface area contributed by atoms with Crippen LogP contribution in [0, 0.1) is 5.92 Å². The second-order valence-corrected chi connectivity index (χ2v) is 7.95. The molecule has 1 aromatic carbocycles. The maximum absolute atomic E-state index is 12.8. The molecule has 1 aromatic rings. The quantitative estimate of drug-likeness (QED) is 0.420. The highest BCUT2D eigenvalue weighted by molar-refractivity contribution is 5.92. The Morgan fingerprint density at radius 1 is 1.13 bits per heavy atom. The number of ether oxygens (including phenoxy) is 1. The largest absolute Gasteiger partial charge is 0.481 e. The number of nitrogens with one attached hydrogen (secondary N) is 2. The summed E-state index contributed by atoms with van der Waals surface area (Å²) in [5.41, 5.74) is 5.54. The molecule has 0 spiro atoms. The van der Waals surface area contributed by atoms with Gasteiger partial charge in [-0.05, 0) is 45.7 Å². The van der Waals surface area contributed by atoms with Crippen molar-refractivity contribution in [3.8, 4) is 0 Å². The van der Waals surface area contributed by atoms with Crippen LogP contribution in [0.2, 0.25) is 0 Å². The van der Waals surface area contributed by atoms with E-state index in [0.29, 0.717) is 0 Å². The molecule has 0 heterocycles. The molecule has 30 heavy (non-hydrogen) atoms. The number of carbonyl (C=O) groups is 4. The summed E-state index contributed by atoms with van der Waals surface area (Å²) in [6.45, 7) is 4.85. The van der Waals surface area contributed by atoms with E-state index in [4.69, 9.17) is 10.5 Å². The van der Waals surface area contributed by atoms with Crippen LogP contribution in [0.5, 0.6) is 0 Å². The van der Waals surface area contributed by atoms with Gasteiger partial charge in [-0.25, -0.2) is 4.79 Å². The summed E-state index contributed by atoms with van der Waals surface area (Å²) in [6, 6.07) is 8.11. The first kappa shape index (κ1) is 25.1. The van der Waals surface area contributed by atoms with Crippen LogP contribution >= 0.6 is 0 Å². The molecule has 0 saturated carbocycles. The highest BCUT2D eigenvalue weighted by Gasteiger charge is 2.27. The zero-order chi connectivity index (χ0) is 22.7. The lowest BCUT2D eigenvalue weighted by atomic mass is 9.92. The van der Waals surface area contributed by atoms with Gasteiger partial charge in [-0.2, -0.15) is 0 Å². The van der Waals surface area contributed by atoms with E-state index in [1.54, 1.807) is 45.0 Å². The van der Waals surface area contributed by atoms with Crippen LogP contribution in [-0.4, -0.2) is 53.6 Å². The minimum Gasteiger partial charge on any atom is -0.481 e. The first-order valence-corrected chi connectivity index (χ1v) is 9.77. The van der Waals surface area contributed by atoms with E-state index in [1.165, 1.54) is 0 Å². The molecule has 9 heteroatoms. The van der Waals surface area contributed by atoms with Gasteiger partial charge in [-0.1, -0.05) is 30.3 Å². The van der Waals surface area contributed by atoms with Crippen LogP contribution in [0.3, 0.4) is 0 Å². The molecule has 0 radical (unpaired) electrons. The Balaban J connectivity index is 2.80. The minimum atomic E-state index is -1.11. The standard InChI is InChI=1S/C21H31N3O6/c1-21(2,3)30-20(29)23-13-18(26)24-16(11-14-7-5-4-6-8-14)17(25)12-15(9-10-22)19(27)28/h4-8,15-16H,9-13,22H2,1-3H3,(H,23,29)(H,24,26)(H,27,28). The van der Waals surface area contributed by atoms with Crippen molar-refractivity contribution >= 4 is 23.8 Å². The summed E-state index contributed by atoms with van der Waals surface area (Å²) in [6.07, 6.45) is -0.637. The first-order valence-electron chi connectivity index (χ1n) is 9.77. The Hall–Kier alpha value is -2.94. The van der Waals surface area contributed by atoms with Gasteiger partial charge in [0.2, 0.25) is 5.91 Å². The molecule has 2 atom stereocenters. The number of carboxylic acid groups (broad SMARTS) is 1. The molecule has 2 unspecified atom stereocenters. The zero-order valence-corrected chi connectivity index (χ0v) is 17.6. The van der Waals surface area contributed by atoms with E-state index < -0.39 is 41.3 Å². The molecule has 0 fully saturated rings. The van der Waals surface area contributed by atoms with Crippen molar-refractivity contribution in [1.29, 1.82) is 0 Å². The Morgan fingerprint density at radius 2 is 1.77 bits per heavy atom. The highest BCUT2D eigenvalue weighted by Crippen LogP contribution is 2.13. The predicted molar refractivity (Wildman–Crippen MR) is 111 cm³/mol. The number of carbonyl (C=O) groups excluding carboxylic acids is 3. The number of hydrogen-bond donors (Lipinski definition) is 4. The predicted octanol–water partition coefficient (Wildman–Crippen LogP) is 1.25. The van der Waals surface area contributed by atoms with Crippen molar-refractivity contribution in [1.82, 2.24) is 10.6 Å². The maximum Gasteiger partial charge on any atom is 0.408 e. The minimum absolute atomic E-state index is 0.139. The van der Waals surface area contributed by atoms with Gasteiger partial charge in [0.05, 0.1) is 12.0 Å². The van der Waals surface area contributed by atoms with Gasteiger partial charge >= 0.3 is 12.1 Å². The number of rotatable bonds is 11. The molecule has 0 aliphatic carbocycles. The van der Waals surface area contributed by atoms with Crippen molar-refractivity contribution in [2.75, 3.05) is 13.1 Å². The molecule has 166 valence electrons. The molecule has 1 rings (SSSR count). The Morgan fingerprint density at radius 3 is 2.30 bits per heavy atom. The lowest BCUT2D eigenvalue weighted by molar-refractivity contribution is -0.144. The van der Waals surface area contributed by atoms with E-state index >= 15 is 0 Å². The maximum atomic E-state index is 12.8. The van der Waals surface area contributed by atoms with Gasteiger partial charge in [0.1, 0.15) is 12.1 Å². The molecule has 0 aromatic heterocycles. The molecular formula is C21H31N3O6. The fourth-order valence-electron chi connectivity index (χ4n) is 2.71. The summed E-state index contributed by atoms with van der Waals surface area (Å²) < 4.78 is 5.07. The third-order valence-electron chi connectivity index (χ3n) is 4.11. The van der Waals surface area contributed by atoms with Gasteiger partial charge in [-0.15, -0.1) is 0 Å². The molecule has 9 nitrogen and oxygen atoms in total. The second-order valence-electron chi connectivity index (χ2n) is 7.95. The van der Waals surface area contributed by atoms with Gasteiger partial charge in [-0.3, -0.25) is 14.4 Å². The van der Waals surface area contributed by atoms with Crippen LogP contribution in [-0.2, 0) is 25.5 Å². The van der Waals surface area contributed by atoms with E-state index in [-0.39, 0.29) is 32.4 Å². The Labute approximate surface area is 176 Å². The lowest BCUT2D eigenvalue weighted by Crippen LogP contribution is -2.47. The van der Waals surface area contributed by atoms with Gasteiger partial charge in [0.25, 0.3) is 0 Å². The van der Waals surface area contributed by atoms with Crippen molar-refractivity contribution in [2.24, 2.45) is 11.7 Å². The lowest BCUT2D eigenvalue weighted by Gasteiger charge is -2.21. The number of benzene rings is 1. The van der Waals surface area contributed by atoms with E-state index in [9.17, 15) is 24.3 Å². The van der Waals surface area contributed by atoms with E-state index in [1.807, 2.05) is 6.07 Å². The van der Waals surface area contributed by atoms with Gasteiger partial charge in [0.15, 0.2) is 5.78 Å². The summed E-state index contributed by atoms with van der Waals surface area (Å²) >= 11 is 0. The topological polar surface area (TPSA) is 148 Å². The number of hydrogen-bond acceptors (Lipinski definition) is 6. The number of carboxylic acids is 1. The second kappa shape index (κ2) is 11.9. The summed E-state index contributed by atoms with van der Waals surface area (Å²) in [4.78, 5) is 48.1. The summed E-state index contributed by atoms with van der Waals surface area (Å²) in [5, 5.41) is 14.2. The van der Waals surface area contributed by atoms with Crippen LogP contribution in [0.15, 0.2) is 30.3 Å². The molecular weight excluding hydrogens is 390 g/mol. The summed E-state index contributed by atoms with van der Waals surface area (Å²) in [7, 11) is 0. The van der Waals surface area contributed by atoms with Gasteiger partial charge in [0, 0.05) is 6.42 Å². The average Bonchev–Trinajstić information content (AvgIpc) is 2.65. The number of Topliss-reactive ketones (excluding diaryl/α,β-unsaturated/α-hetero) is 1. The SMILES string of the molecule is CC(C)(C)OC(=O)NCC(=O)NC(Cc1ccccc1)C(=O)CC(CCN)C(=O)O. The third-order valence-corrected chi connectivity index (χ3v) is 4.11. The number of aliphatic carboxylic acids is 1. The fourth-order valence-corrected chi connectivity index (χ4v) is 2.71. The molecule has 0 saturated heterocycles. The highest BCUT2D eigenvalue weighted by atomic mass is 16.6. The van der Waals surface area contributed by atoms with Crippen molar-refractivity contribution in [3.63, 3.8) is 0 Å². The fraction of sp³-hybridized carbons (Fsp3) is 0.524.